The number of fused-ring (bicyclic) bond motifs is 1. The molecule has 0 aromatic carbocycles. The van der Waals surface area contributed by atoms with Gasteiger partial charge in [0.05, 0.1) is 11.6 Å². The average Bonchev–Trinajstić information content (AvgIpc) is 2.87. The van der Waals surface area contributed by atoms with Gasteiger partial charge in [-0.15, -0.1) is 0 Å². The molecule has 0 radical (unpaired) electrons. The van der Waals surface area contributed by atoms with Crippen LogP contribution in [0.2, 0.25) is 0 Å². The lowest BCUT2D eigenvalue weighted by Gasteiger charge is -2.23. The van der Waals surface area contributed by atoms with Gasteiger partial charge in [0.2, 0.25) is 0 Å². The number of nitrogens with zero attached hydrogens (tertiary/aromatic N) is 3. The Morgan fingerprint density at radius 1 is 1.14 bits per heavy atom. The zero-order valence-corrected chi connectivity index (χ0v) is 12.5. The van der Waals surface area contributed by atoms with Crippen LogP contribution in [0.15, 0.2) is 29.0 Å². The SMILES string of the molecule is NCCCCN1CCCN(c2nccc3occc23)CC1. The van der Waals surface area contributed by atoms with Gasteiger partial charge in [-0.1, -0.05) is 0 Å². The second-order valence-corrected chi connectivity index (χ2v) is 5.64. The zero-order valence-electron chi connectivity index (χ0n) is 12.5. The second kappa shape index (κ2) is 6.91. The van der Waals surface area contributed by atoms with E-state index in [2.05, 4.69) is 14.8 Å². The van der Waals surface area contributed by atoms with E-state index in [0.717, 1.165) is 55.9 Å². The largest absolute Gasteiger partial charge is 0.464 e. The number of unbranched alkanes of at least 4 members (excludes halogenated alkanes) is 1. The van der Waals surface area contributed by atoms with Crippen LogP contribution < -0.4 is 10.6 Å². The van der Waals surface area contributed by atoms with E-state index < -0.39 is 0 Å². The van der Waals surface area contributed by atoms with E-state index >= 15 is 0 Å². The van der Waals surface area contributed by atoms with Crippen molar-refractivity contribution in [3.63, 3.8) is 0 Å². The maximum atomic E-state index is 5.57. The van der Waals surface area contributed by atoms with Crippen LogP contribution in [0.4, 0.5) is 5.82 Å². The molecule has 5 heteroatoms. The third-order valence-electron chi connectivity index (χ3n) is 4.18. The summed E-state index contributed by atoms with van der Waals surface area (Å²) in [6.45, 7) is 6.31. The Bertz CT molecular complexity index is 568. The molecule has 21 heavy (non-hydrogen) atoms. The van der Waals surface area contributed by atoms with E-state index in [-0.39, 0.29) is 0 Å². The first-order valence-electron chi connectivity index (χ1n) is 7.88. The molecule has 1 fully saturated rings. The van der Waals surface area contributed by atoms with E-state index in [1.165, 1.54) is 19.4 Å². The minimum Gasteiger partial charge on any atom is -0.464 e. The van der Waals surface area contributed by atoms with E-state index in [1.807, 2.05) is 18.3 Å². The Morgan fingerprint density at radius 3 is 3.00 bits per heavy atom. The Kier molecular flexibility index (Phi) is 4.72. The Balaban J connectivity index is 1.66. The standard InChI is InChI=1S/C16H24N4O/c17-6-1-2-8-19-9-3-10-20(12-11-19)16-14-5-13-21-15(14)4-7-18-16/h4-5,7,13H,1-3,6,8-12,17H2. The number of hydrogen-bond acceptors (Lipinski definition) is 5. The lowest BCUT2D eigenvalue weighted by molar-refractivity contribution is 0.288. The number of anilines is 1. The molecule has 114 valence electrons. The molecule has 1 saturated heterocycles. The smallest absolute Gasteiger partial charge is 0.139 e. The molecule has 0 spiro atoms. The van der Waals surface area contributed by atoms with Crippen molar-refractivity contribution in [1.29, 1.82) is 0 Å². The van der Waals surface area contributed by atoms with Gasteiger partial charge in [-0.25, -0.2) is 4.98 Å². The quantitative estimate of drug-likeness (QED) is 0.854. The highest BCUT2D eigenvalue weighted by Crippen LogP contribution is 2.25. The van der Waals surface area contributed by atoms with Crippen LogP contribution in [0.25, 0.3) is 11.0 Å². The molecule has 2 N–H and O–H groups in total. The molecular formula is C16H24N4O. The molecule has 5 nitrogen and oxygen atoms in total. The number of aromatic nitrogens is 1. The predicted octanol–water partition coefficient (Wildman–Crippen LogP) is 2.08. The third kappa shape index (κ3) is 3.36. The van der Waals surface area contributed by atoms with Crippen LogP contribution in [0, 0.1) is 0 Å². The van der Waals surface area contributed by atoms with Gasteiger partial charge in [0.25, 0.3) is 0 Å². The minimum absolute atomic E-state index is 0.798. The predicted molar refractivity (Wildman–Crippen MR) is 85.6 cm³/mol. The summed E-state index contributed by atoms with van der Waals surface area (Å²) < 4.78 is 5.48. The molecular weight excluding hydrogens is 264 g/mol. The van der Waals surface area contributed by atoms with E-state index in [0.29, 0.717) is 0 Å². The molecule has 3 rings (SSSR count). The van der Waals surface area contributed by atoms with Gasteiger partial charge in [0.1, 0.15) is 11.4 Å². The van der Waals surface area contributed by atoms with Gasteiger partial charge in [0.15, 0.2) is 0 Å². The summed E-state index contributed by atoms with van der Waals surface area (Å²) in [5.74, 6) is 1.06. The zero-order chi connectivity index (χ0) is 14.5. The summed E-state index contributed by atoms with van der Waals surface area (Å²) in [7, 11) is 0. The monoisotopic (exact) mass is 288 g/mol. The summed E-state index contributed by atoms with van der Waals surface area (Å²) in [6.07, 6.45) is 7.08. The fourth-order valence-electron chi connectivity index (χ4n) is 3.02. The maximum absolute atomic E-state index is 5.57. The lowest BCUT2D eigenvalue weighted by atomic mass is 10.3. The van der Waals surface area contributed by atoms with Crippen molar-refractivity contribution >= 4 is 16.8 Å². The highest BCUT2D eigenvalue weighted by Gasteiger charge is 2.18. The number of furan rings is 1. The van der Waals surface area contributed by atoms with Crippen molar-refractivity contribution in [2.24, 2.45) is 5.73 Å². The molecule has 1 aliphatic rings. The van der Waals surface area contributed by atoms with Gasteiger partial charge in [0, 0.05) is 25.8 Å². The summed E-state index contributed by atoms with van der Waals surface area (Å²) in [5.41, 5.74) is 6.49. The average molecular weight is 288 g/mol. The topological polar surface area (TPSA) is 58.5 Å². The fourth-order valence-corrected chi connectivity index (χ4v) is 3.02. The molecule has 3 heterocycles. The first kappa shape index (κ1) is 14.4. The van der Waals surface area contributed by atoms with Gasteiger partial charge >= 0.3 is 0 Å². The molecule has 2 aromatic rings. The van der Waals surface area contributed by atoms with Gasteiger partial charge in [-0.2, -0.15) is 0 Å². The number of rotatable bonds is 5. The molecule has 0 amide bonds. The number of nitrogens with two attached hydrogens (primary N) is 1. The third-order valence-corrected chi connectivity index (χ3v) is 4.18. The van der Waals surface area contributed by atoms with Crippen molar-refractivity contribution in [2.75, 3.05) is 44.2 Å². The first-order valence-corrected chi connectivity index (χ1v) is 7.88. The summed E-state index contributed by atoms with van der Waals surface area (Å²) in [5, 5.41) is 1.12. The fraction of sp³-hybridized carbons (Fsp3) is 0.562. The summed E-state index contributed by atoms with van der Waals surface area (Å²) in [4.78, 5) is 9.51. The molecule has 2 aromatic heterocycles. The molecule has 0 saturated carbocycles. The minimum atomic E-state index is 0.798. The van der Waals surface area contributed by atoms with Crippen molar-refractivity contribution < 1.29 is 4.42 Å². The lowest BCUT2D eigenvalue weighted by Crippen LogP contribution is -2.32. The van der Waals surface area contributed by atoms with Crippen LogP contribution in [-0.2, 0) is 0 Å². The first-order chi connectivity index (χ1) is 10.4. The van der Waals surface area contributed by atoms with Crippen LogP contribution in [0.5, 0.6) is 0 Å². The highest BCUT2D eigenvalue weighted by atomic mass is 16.3. The van der Waals surface area contributed by atoms with Crippen molar-refractivity contribution in [3.8, 4) is 0 Å². The second-order valence-electron chi connectivity index (χ2n) is 5.64. The van der Waals surface area contributed by atoms with Crippen LogP contribution in [0.3, 0.4) is 0 Å². The number of pyridine rings is 1. The normalized spacial score (nSPS) is 17.3. The van der Waals surface area contributed by atoms with Gasteiger partial charge < -0.3 is 20.0 Å². The van der Waals surface area contributed by atoms with E-state index in [1.54, 1.807) is 6.26 Å². The molecule has 0 unspecified atom stereocenters. The number of hydrogen-bond donors (Lipinski definition) is 1. The highest BCUT2D eigenvalue weighted by molar-refractivity contribution is 5.88. The van der Waals surface area contributed by atoms with Crippen LogP contribution >= 0.6 is 0 Å². The van der Waals surface area contributed by atoms with Gasteiger partial charge in [-0.3, -0.25) is 0 Å². The summed E-state index contributed by atoms with van der Waals surface area (Å²) in [6, 6.07) is 3.94. The molecule has 0 aliphatic carbocycles. The Hall–Kier alpha value is -1.59. The molecule has 0 bridgehead atoms. The Morgan fingerprint density at radius 2 is 2.10 bits per heavy atom. The van der Waals surface area contributed by atoms with E-state index in [9.17, 15) is 0 Å². The van der Waals surface area contributed by atoms with Crippen LogP contribution in [-0.4, -0.2) is 49.2 Å². The van der Waals surface area contributed by atoms with Crippen LogP contribution in [0.1, 0.15) is 19.3 Å². The van der Waals surface area contributed by atoms with Crippen molar-refractivity contribution in [3.05, 3.63) is 24.6 Å². The Labute approximate surface area is 125 Å². The van der Waals surface area contributed by atoms with Crippen molar-refractivity contribution in [1.82, 2.24) is 9.88 Å². The molecule has 1 aliphatic heterocycles. The van der Waals surface area contributed by atoms with Gasteiger partial charge in [-0.05, 0) is 51.0 Å². The maximum Gasteiger partial charge on any atom is 0.139 e. The molecule has 0 atom stereocenters. The van der Waals surface area contributed by atoms with Crippen molar-refractivity contribution in [2.45, 2.75) is 19.3 Å². The van der Waals surface area contributed by atoms with E-state index in [4.69, 9.17) is 10.2 Å². The summed E-state index contributed by atoms with van der Waals surface area (Å²) >= 11 is 0.